The standard InChI is InChI=1S/C16H22ClN5O2/c1-16(2,3)24-15(23)21-10-4-6-22(7-5-10)14-12-11(17)8-18-13(12)19-9-20-14/h8-10H,4-7H2,1-3H3,(H,21,23)(H,18,19,20). The number of H-pyrrole nitrogens is 1. The number of amides is 1. The summed E-state index contributed by atoms with van der Waals surface area (Å²) in [5, 5.41) is 4.40. The van der Waals surface area contributed by atoms with Crippen LogP contribution >= 0.6 is 11.6 Å². The average molecular weight is 352 g/mol. The minimum atomic E-state index is -0.484. The molecule has 7 nitrogen and oxygen atoms in total. The maximum Gasteiger partial charge on any atom is 0.407 e. The summed E-state index contributed by atoms with van der Waals surface area (Å²) in [6.07, 6.45) is 4.55. The van der Waals surface area contributed by atoms with Gasteiger partial charge in [-0.2, -0.15) is 0 Å². The number of halogens is 1. The molecular formula is C16H22ClN5O2. The number of nitrogens with one attached hydrogen (secondary N) is 2. The molecule has 3 rings (SSSR count). The van der Waals surface area contributed by atoms with E-state index in [-0.39, 0.29) is 12.1 Å². The Labute approximate surface area is 145 Å². The van der Waals surface area contributed by atoms with Crippen molar-refractivity contribution in [3.63, 3.8) is 0 Å². The number of hydrogen-bond donors (Lipinski definition) is 2. The number of fused-ring (bicyclic) bond motifs is 1. The number of alkyl carbamates (subject to hydrolysis) is 1. The second-order valence-electron chi connectivity index (χ2n) is 6.97. The maximum absolute atomic E-state index is 11.9. The van der Waals surface area contributed by atoms with Crippen molar-refractivity contribution in [1.29, 1.82) is 0 Å². The van der Waals surface area contributed by atoms with Gasteiger partial charge in [-0.25, -0.2) is 14.8 Å². The van der Waals surface area contributed by atoms with Crippen molar-refractivity contribution in [1.82, 2.24) is 20.3 Å². The van der Waals surface area contributed by atoms with Gasteiger partial charge in [0.1, 0.15) is 23.4 Å². The quantitative estimate of drug-likeness (QED) is 0.868. The van der Waals surface area contributed by atoms with Crippen LogP contribution in [0.2, 0.25) is 5.02 Å². The molecule has 0 atom stereocenters. The number of hydrogen-bond acceptors (Lipinski definition) is 5. The van der Waals surface area contributed by atoms with Crippen molar-refractivity contribution in [2.75, 3.05) is 18.0 Å². The number of aromatic nitrogens is 3. The largest absolute Gasteiger partial charge is 0.444 e. The molecule has 1 fully saturated rings. The van der Waals surface area contributed by atoms with E-state index in [9.17, 15) is 4.79 Å². The first kappa shape index (κ1) is 16.8. The molecule has 0 spiro atoms. The Balaban J connectivity index is 1.63. The van der Waals surface area contributed by atoms with E-state index in [1.165, 1.54) is 6.33 Å². The zero-order valence-electron chi connectivity index (χ0n) is 14.1. The molecule has 2 aromatic heterocycles. The smallest absolute Gasteiger partial charge is 0.407 e. The minimum Gasteiger partial charge on any atom is -0.444 e. The molecule has 1 aliphatic rings. The Morgan fingerprint density at radius 2 is 2.08 bits per heavy atom. The number of rotatable bonds is 2. The van der Waals surface area contributed by atoms with Gasteiger partial charge in [-0.1, -0.05) is 11.6 Å². The molecule has 1 amide bonds. The molecule has 1 aliphatic heterocycles. The Morgan fingerprint density at radius 3 is 2.75 bits per heavy atom. The summed E-state index contributed by atoms with van der Waals surface area (Å²) >= 11 is 6.24. The van der Waals surface area contributed by atoms with Gasteiger partial charge in [0.2, 0.25) is 0 Å². The Hall–Kier alpha value is -2.02. The molecule has 0 saturated carbocycles. The van der Waals surface area contributed by atoms with Crippen molar-refractivity contribution in [3.05, 3.63) is 17.5 Å². The molecule has 0 unspecified atom stereocenters. The molecule has 1 saturated heterocycles. The second-order valence-corrected chi connectivity index (χ2v) is 7.37. The van der Waals surface area contributed by atoms with Crippen LogP contribution in [-0.4, -0.2) is 45.8 Å². The van der Waals surface area contributed by atoms with Crippen LogP contribution in [-0.2, 0) is 4.74 Å². The third kappa shape index (κ3) is 3.72. The first-order valence-corrected chi connectivity index (χ1v) is 8.43. The number of anilines is 1. The lowest BCUT2D eigenvalue weighted by molar-refractivity contribution is 0.0497. The number of nitrogens with zero attached hydrogens (tertiary/aromatic N) is 3. The van der Waals surface area contributed by atoms with Crippen LogP contribution in [0.5, 0.6) is 0 Å². The molecule has 2 N–H and O–H groups in total. The van der Waals surface area contributed by atoms with Crippen molar-refractivity contribution in [2.45, 2.75) is 45.3 Å². The van der Waals surface area contributed by atoms with Gasteiger partial charge in [0, 0.05) is 25.3 Å². The van der Waals surface area contributed by atoms with E-state index in [0.717, 1.165) is 42.8 Å². The lowest BCUT2D eigenvalue weighted by Crippen LogP contribution is -2.46. The van der Waals surface area contributed by atoms with Gasteiger partial charge in [0.05, 0.1) is 10.4 Å². The first-order valence-electron chi connectivity index (χ1n) is 8.05. The van der Waals surface area contributed by atoms with Crippen LogP contribution in [0.25, 0.3) is 11.0 Å². The Bertz CT molecular complexity index is 732. The summed E-state index contributed by atoms with van der Waals surface area (Å²) in [6.45, 7) is 7.14. The van der Waals surface area contributed by atoms with Crippen LogP contribution in [0, 0.1) is 0 Å². The highest BCUT2D eigenvalue weighted by molar-refractivity contribution is 6.36. The third-order valence-corrected chi connectivity index (χ3v) is 4.22. The minimum absolute atomic E-state index is 0.107. The van der Waals surface area contributed by atoms with E-state index in [0.29, 0.717) is 5.02 Å². The van der Waals surface area contributed by atoms with Crippen molar-refractivity contribution in [2.24, 2.45) is 0 Å². The van der Waals surface area contributed by atoms with Gasteiger partial charge in [0.25, 0.3) is 0 Å². The van der Waals surface area contributed by atoms with E-state index in [1.54, 1.807) is 6.20 Å². The van der Waals surface area contributed by atoms with Crippen LogP contribution in [0.1, 0.15) is 33.6 Å². The van der Waals surface area contributed by atoms with E-state index < -0.39 is 5.60 Å². The Morgan fingerprint density at radius 1 is 1.38 bits per heavy atom. The van der Waals surface area contributed by atoms with Crippen molar-refractivity contribution >= 4 is 34.5 Å². The maximum atomic E-state index is 11.9. The summed E-state index contributed by atoms with van der Waals surface area (Å²) in [4.78, 5) is 25.7. The zero-order chi connectivity index (χ0) is 17.3. The van der Waals surface area contributed by atoms with Crippen molar-refractivity contribution < 1.29 is 9.53 Å². The molecule has 0 bridgehead atoms. The molecule has 0 aromatic carbocycles. The molecule has 3 heterocycles. The highest BCUT2D eigenvalue weighted by Crippen LogP contribution is 2.31. The lowest BCUT2D eigenvalue weighted by atomic mass is 10.1. The molecule has 130 valence electrons. The second kappa shape index (κ2) is 6.47. The number of carbonyl (C=O) groups excluding carboxylic acids is 1. The summed E-state index contributed by atoms with van der Waals surface area (Å²) in [5.41, 5.74) is 0.251. The fourth-order valence-electron chi connectivity index (χ4n) is 2.86. The number of carbonyl (C=O) groups is 1. The number of piperidine rings is 1. The van der Waals surface area contributed by atoms with Gasteiger partial charge in [-0.05, 0) is 33.6 Å². The van der Waals surface area contributed by atoms with Crippen molar-refractivity contribution in [3.8, 4) is 0 Å². The highest BCUT2D eigenvalue weighted by atomic mass is 35.5. The van der Waals surface area contributed by atoms with Crippen LogP contribution in [0.15, 0.2) is 12.5 Å². The average Bonchev–Trinajstić information content (AvgIpc) is 2.88. The van der Waals surface area contributed by atoms with Crippen LogP contribution in [0.4, 0.5) is 10.6 Å². The molecule has 0 aliphatic carbocycles. The monoisotopic (exact) mass is 351 g/mol. The summed E-state index contributed by atoms with van der Waals surface area (Å²) in [6, 6.07) is 0.107. The van der Waals surface area contributed by atoms with Crippen LogP contribution < -0.4 is 10.2 Å². The summed E-state index contributed by atoms with van der Waals surface area (Å²) in [7, 11) is 0. The van der Waals surface area contributed by atoms with Gasteiger partial charge in [0.15, 0.2) is 0 Å². The predicted octanol–water partition coefficient (Wildman–Crippen LogP) is 3.10. The van der Waals surface area contributed by atoms with Crippen LogP contribution in [0.3, 0.4) is 0 Å². The first-order chi connectivity index (χ1) is 11.3. The van der Waals surface area contributed by atoms with Gasteiger partial charge in [-0.3, -0.25) is 0 Å². The molecular weight excluding hydrogens is 330 g/mol. The van der Waals surface area contributed by atoms with Gasteiger partial charge in [-0.15, -0.1) is 0 Å². The number of aromatic amines is 1. The SMILES string of the molecule is CC(C)(C)OC(=O)NC1CCN(c2ncnc3[nH]cc(Cl)c23)CC1. The predicted molar refractivity (Wildman–Crippen MR) is 93.5 cm³/mol. The molecule has 2 aromatic rings. The normalized spacial score (nSPS) is 16.4. The molecule has 24 heavy (non-hydrogen) atoms. The van der Waals surface area contributed by atoms with E-state index in [1.807, 2.05) is 20.8 Å². The summed E-state index contributed by atoms with van der Waals surface area (Å²) in [5.74, 6) is 0.835. The number of ether oxygens (including phenoxy) is 1. The molecule has 8 heteroatoms. The van der Waals surface area contributed by atoms with E-state index in [4.69, 9.17) is 16.3 Å². The fraction of sp³-hybridized carbons (Fsp3) is 0.562. The molecule has 0 radical (unpaired) electrons. The topological polar surface area (TPSA) is 83.1 Å². The van der Waals surface area contributed by atoms with Gasteiger partial charge < -0.3 is 19.9 Å². The highest BCUT2D eigenvalue weighted by Gasteiger charge is 2.25. The summed E-state index contributed by atoms with van der Waals surface area (Å²) < 4.78 is 5.31. The zero-order valence-corrected chi connectivity index (χ0v) is 14.9. The third-order valence-electron chi connectivity index (χ3n) is 3.92. The van der Waals surface area contributed by atoms with E-state index in [2.05, 4.69) is 25.2 Å². The Kier molecular flexibility index (Phi) is 4.54. The lowest BCUT2D eigenvalue weighted by Gasteiger charge is -2.33. The van der Waals surface area contributed by atoms with E-state index >= 15 is 0 Å². The fourth-order valence-corrected chi connectivity index (χ4v) is 3.09. The van der Waals surface area contributed by atoms with Gasteiger partial charge >= 0.3 is 6.09 Å².